The Kier molecular flexibility index (Phi) is 4.70. The summed E-state index contributed by atoms with van der Waals surface area (Å²) in [4.78, 5) is 14.4. The fourth-order valence-corrected chi connectivity index (χ4v) is 2.85. The molecule has 2 rings (SSSR count). The highest BCUT2D eigenvalue weighted by Gasteiger charge is 2.29. The van der Waals surface area contributed by atoms with Crippen LogP contribution in [0.5, 0.6) is 5.75 Å². The molecule has 0 radical (unpaired) electrons. The number of alkyl halides is 1. The molecule has 1 aromatic rings. The second kappa shape index (κ2) is 6.29. The number of carbonyl (C=O) groups excluding carboxylic acids is 1. The summed E-state index contributed by atoms with van der Waals surface area (Å²) in [6, 6.07) is 5.48. The average molecular weight is 282 g/mol. The first-order chi connectivity index (χ1) is 9.13. The van der Waals surface area contributed by atoms with Crippen LogP contribution in [-0.2, 0) is 0 Å². The largest absolute Gasteiger partial charge is 0.507 e. The lowest BCUT2D eigenvalue weighted by Gasteiger charge is -2.25. The van der Waals surface area contributed by atoms with Crippen LogP contribution < -0.4 is 0 Å². The Morgan fingerprint density at radius 3 is 3.00 bits per heavy atom. The number of carbonyl (C=O) groups is 1. The molecule has 104 valence electrons. The van der Waals surface area contributed by atoms with Crippen LogP contribution in [0.25, 0.3) is 0 Å². The summed E-state index contributed by atoms with van der Waals surface area (Å²) in [5.41, 5.74) is 1.36. The van der Waals surface area contributed by atoms with Gasteiger partial charge in [-0.3, -0.25) is 4.79 Å². The van der Waals surface area contributed by atoms with E-state index in [0.29, 0.717) is 11.4 Å². The van der Waals surface area contributed by atoms with Gasteiger partial charge < -0.3 is 10.0 Å². The van der Waals surface area contributed by atoms with Crippen molar-refractivity contribution in [2.45, 2.75) is 38.6 Å². The number of hydrogen-bond acceptors (Lipinski definition) is 2. The molecule has 3 nitrogen and oxygen atoms in total. The van der Waals surface area contributed by atoms with E-state index in [1.807, 2.05) is 17.9 Å². The Labute approximate surface area is 119 Å². The van der Waals surface area contributed by atoms with Gasteiger partial charge in [-0.05, 0) is 50.3 Å². The van der Waals surface area contributed by atoms with Gasteiger partial charge in [0.2, 0.25) is 0 Å². The number of rotatable bonds is 4. The van der Waals surface area contributed by atoms with Gasteiger partial charge in [0.15, 0.2) is 0 Å². The van der Waals surface area contributed by atoms with Crippen molar-refractivity contribution in [3.8, 4) is 5.75 Å². The van der Waals surface area contributed by atoms with Gasteiger partial charge in [0.1, 0.15) is 5.75 Å². The number of aromatic hydroxyl groups is 1. The Morgan fingerprint density at radius 2 is 2.32 bits per heavy atom. The molecule has 1 unspecified atom stereocenters. The van der Waals surface area contributed by atoms with Crippen molar-refractivity contribution in [1.82, 2.24) is 4.90 Å². The summed E-state index contributed by atoms with van der Waals surface area (Å²) in [5.74, 6) is 0.650. The number of nitrogens with zero attached hydrogens (tertiary/aromatic N) is 1. The molecule has 1 aliphatic rings. The van der Waals surface area contributed by atoms with Gasteiger partial charge in [-0.25, -0.2) is 0 Å². The lowest BCUT2D eigenvalue weighted by atomic mass is 10.1. The molecule has 1 amide bonds. The van der Waals surface area contributed by atoms with Crippen molar-refractivity contribution < 1.29 is 9.90 Å². The second-order valence-electron chi connectivity index (χ2n) is 5.15. The third-order valence-corrected chi connectivity index (χ3v) is 3.96. The fourth-order valence-electron chi connectivity index (χ4n) is 2.69. The maximum atomic E-state index is 12.5. The molecule has 1 aliphatic heterocycles. The van der Waals surface area contributed by atoms with Crippen molar-refractivity contribution in [3.05, 3.63) is 29.3 Å². The summed E-state index contributed by atoms with van der Waals surface area (Å²) in [6.07, 6.45) is 3.94. The third kappa shape index (κ3) is 3.21. The van der Waals surface area contributed by atoms with Gasteiger partial charge in [0, 0.05) is 18.5 Å². The van der Waals surface area contributed by atoms with Crippen LogP contribution in [0.3, 0.4) is 0 Å². The molecule has 1 heterocycles. The molecule has 0 saturated carbocycles. The first-order valence-corrected chi connectivity index (χ1v) is 7.33. The van der Waals surface area contributed by atoms with Crippen molar-refractivity contribution in [3.63, 3.8) is 0 Å². The van der Waals surface area contributed by atoms with Crippen LogP contribution in [0.2, 0.25) is 0 Å². The first-order valence-electron chi connectivity index (χ1n) is 6.80. The molecule has 0 aliphatic carbocycles. The highest BCUT2D eigenvalue weighted by molar-refractivity contribution is 6.17. The highest BCUT2D eigenvalue weighted by Crippen LogP contribution is 2.27. The molecular weight excluding hydrogens is 262 g/mol. The lowest BCUT2D eigenvalue weighted by Crippen LogP contribution is -2.35. The van der Waals surface area contributed by atoms with Crippen molar-refractivity contribution in [2.24, 2.45) is 0 Å². The van der Waals surface area contributed by atoms with Crippen LogP contribution in [0.1, 0.15) is 41.6 Å². The van der Waals surface area contributed by atoms with Crippen LogP contribution in [-0.4, -0.2) is 34.4 Å². The summed E-state index contributed by atoms with van der Waals surface area (Å²) < 4.78 is 0. The fraction of sp³-hybridized carbons (Fsp3) is 0.533. The minimum Gasteiger partial charge on any atom is -0.507 e. The van der Waals surface area contributed by atoms with Gasteiger partial charge in [-0.2, -0.15) is 0 Å². The normalized spacial score (nSPS) is 18.8. The maximum Gasteiger partial charge on any atom is 0.257 e. The van der Waals surface area contributed by atoms with E-state index in [1.54, 1.807) is 12.1 Å². The van der Waals surface area contributed by atoms with Crippen LogP contribution in [0.4, 0.5) is 0 Å². The molecule has 0 aromatic heterocycles. The first kappa shape index (κ1) is 14.2. The molecule has 4 heteroatoms. The molecule has 0 spiro atoms. The Morgan fingerprint density at radius 1 is 1.53 bits per heavy atom. The third-order valence-electron chi connectivity index (χ3n) is 3.69. The zero-order valence-electron chi connectivity index (χ0n) is 11.2. The number of phenols is 1. The van der Waals surface area contributed by atoms with E-state index in [9.17, 15) is 9.90 Å². The zero-order chi connectivity index (χ0) is 13.8. The van der Waals surface area contributed by atoms with Gasteiger partial charge >= 0.3 is 0 Å². The summed E-state index contributed by atoms with van der Waals surface area (Å²) in [5, 5.41) is 9.92. The number of likely N-dealkylation sites (tertiary alicyclic amines) is 1. The maximum absolute atomic E-state index is 12.5. The van der Waals surface area contributed by atoms with Gasteiger partial charge in [0.25, 0.3) is 5.91 Å². The SMILES string of the molecule is Cc1ccc(C(=O)N2CCCC2CCCCl)c(O)c1. The average Bonchev–Trinajstić information content (AvgIpc) is 2.83. The number of phenolic OH excluding ortho intramolecular Hbond substituents is 1. The lowest BCUT2D eigenvalue weighted by molar-refractivity contribution is 0.0727. The van der Waals surface area contributed by atoms with Crippen LogP contribution in [0, 0.1) is 6.92 Å². The summed E-state index contributed by atoms with van der Waals surface area (Å²) in [7, 11) is 0. The highest BCUT2D eigenvalue weighted by atomic mass is 35.5. The predicted molar refractivity (Wildman–Crippen MR) is 76.9 cm³/mol. The molecule has 1 aromatic carbocycles. The summed E-state index contributed by atoms with van der Waals surface area (Å²) >= 11 is 5.72. The van der Waals surface area contributed by atoms with Crippen LogP contribution in [0.15, 0.2) is 18.2 Å². The Balaban J connectivity index is 2.13. The van der Waals surface area contributed by atoms with E-state index in [-0.39, 0.29) is 17.7 Å². The molecule has 1 saturated heterocycles. The van der Waals surface area contributed by atoms with E-state index < -0.39 is 0 Å². The number of aryl methyl sites for hydroxylation is 1. The molecule has 0 bridgehead atoms. The van der Waals surface area contributed by atoms with E-state index in [1.165, 1.54) is 0 Å². The van der Waals surface area contributed by atoms with E-state index in [4.69, 9.17) is 11.6 Å². The molecular formula is C15H20ClNO2. The van der Waals surface area contributed by atoms with Gasteiger partial charge in [0.05, 0.1) is 5.56 Å². The Hall–Kier alpha value is -1.22. The zero-order valence-corrected chi connectivity index (χ0v) is 12.0. The molecule has 1 N–H and O–H groups in total. The number of benzene rings is 1. The van der Waals surface area contributed by atoms with Crippen molar-refractivity contribution in [1.29, 1.82) is 0 Å². The minimum atomic E-state index is -0.0606. The topological polar surface area (TPSA) is 40.5 Å². The van der Waals surface area contributed by atoms with Crippen LogP contribution >= 0.6 is 11.6 Å². The molecule has 1 fully saturated rings. The van der Waals surface area contributed by atoms with Crippen molar-refractivity contribution >= 4 is 17.5 Å². The van der Waals surface area contributed by atoms with Crippen molar-refractivity contribution in [2.75, 3.05) is 12.4 Å². The number of halogens is 1. The second-order valence-corrected chi connectivity index (χ2v) is 5.52. The Bertz CT molecular complexity index is 461. The van der Waals surface area contributed by atoms with Gasteiger partial charge in [-0.15, -0.1) is 11.6 Å². The van der Waals surface area contributed by atoms with E-state index >= 15 is 0 Å². The summed E-state index contributed by atoms with van der Waals surface area (Å²) in [6.45, 7) is 2.67. The quantitative estimate of drug-likeness (QED) is 0.860. The minimum absolute atomic E-state index is 0.0606. The van der Waals surface area contributed by atoms with E-state index in [2.05, 4.69) is 0 Å². The standard InChI is InChI=1S/C15H20ClNO2/c1-11-6-7-13(14(18)10-11)15(19)17-9-3-5-12(17)4-2-8-16/h6-7,10,12,18H,2-5,8-9H2,1H3. The van der Waals surface area contributed by atoms with Gasteiger partial charge in [-0.1, -0.05) is 6.07 Å². The molecule has 1 atom stereocenters. The molecule has 19 heavy (non-hydrogen) atoms. The predicted octanol–water partition coefficient (Wildman–Crippen LogP) is 3.32. The monoisotopic (exact) mass is 281 g/mol. The smallest absolute Gasteiger partial charge is 0.257 e. The van der Waals surface area contributed by atoms with E-state index in [0.717, 1.165) is 37.8 Å². The number of hydrogen-bond donors (Lipinski definition) is 1. The number of amides is 1.